The topological polar surface area (TPSA) is 46.3 Å². The minimum atomic E-state index is 0.611. The van der Waals surface area contributed by atoms with Gasteiger partial charge in [0.15, 0.2) is 0 Å². The van der Waals surface area contributed by atoms with Crippen molar-refractivity contribution < 1.29 is 4.79 Å². The number of nitrogens with two attached hydrogens (primary N) is 1. The maximum Gasteiger partial charge on any atom is 0.327 e. The van der Waals surface area contributed by atoms with Gasteiger partial charge in [0.1, 0.15) is 0 Å². The summed E-state index contributed by atoms with van der Waals surface area (Å²) in [5.41, 5.74) is 0. The van der Waals surface area contributed by atoms with Gasteiger partial charge in [-0.25, -0.2) is 5.84 Å². The SMILES string of the molecule is CCCCN(N)[C]=O. The Morgan fingerprint density at radius 2 is 2.38 bits per heavy atom. The number of nitrogens with zero attached hydrogens (tertiary/aromatic N) is 1. The van der Waals surface area contributed by atoms with Gasteiger partial charge in [-0.1, -0.05) is 13.3 Å². The van der Waals surface area contributed by atoms with Gasteiger partial charge >= 0.3 is 6.41 Å². The number of carbonyl (C=O) groups excluding carboxylic acids is 1. The van der Waals surface area contributed by atoms with Gasteiger partial charge in [-0.05, 0) is 6.42 Å². The second kappa shape index (κ2) is 4.59. The molecule has 0 bridgehead atoms. The molecule has 47 valence electrons. The minimum Gasteiger partial charge on any atom is -0.272 e. The van der Waals surface area contributed by atoms with Gasteiger partial charge < -0.3 is 0 Å². The molecule has 0 aromatic heterocycles. The van der Waals surface area contributed by atoms with Crippen molar-refractivity contribution in [3.63, 3.8) is 0 Å². The van der Waals surface area contributed by atoms with Crippen molar-refractivity contribution in [3.05, 3.63) is 0 Å². The Balaban J connectivity index is 2.98. The van der Waals surface area contributed by atoms with Crippen molar-refractivity contribution in [2.45, 2.75) is 19.8 Å². The normalized spacial score (nSPS) is 8.75. The van der Waals surface area contributed by atoms with Crippen molar-refractivity contribution in [2.24, 2.45) is 5.84 Å². The molecule has 0 saturated heterocycles. The first-order valence-corrected chi connectivity index (χ1v) is 2.71. The molecule has 0 aliphatic heterocycles. The van der Waals surface area contributed by atoms with Crippen LogP contribution < -0.4 is 5.84 Å². The largest absolute Gasteiger partial charge is 0.327 e. The highest BCUT2D eigenvalue weighted by Crippen LogP contribution is 1.84. The van der Waals surface area contributed by atoms with Gasteiger partial charge in [-0.3, -0.25) is 9.80 Å². The van der Waals surface area contributed by atoms with Crippen LogP contribution in [0.1, 0.15) is 19.8 Å². The van der Waals surface area contributed by atoms with Gasteiger partial charge in [-0.15, -0.1) is 0 Å². The molecule has 0 fully saturated rings. The molecule has 1 amide bonds. The Labute approximate surface area is 49.4 Å². The van der Waals surface area contributed by atoms with Crippen molar-refractivity contribution in [1.82, 2.24) is 5.01 Å². The van der Waals surface area contributed by atoms with Gasteiger partial charge in [0, 0.05) is 6.54 Å². The Hall–Kier alpha value is -0.570. The van der Waals surface area contributed by atoms with Crippen molar-refractivity contribution in [1.29, 1.82) is 0 Å². The fourth-order valence-electron chi connectivity index (χ4n) is 0.374. The quantitative estimate of drug-likeness (QED) is 0.243. The third-order valence-electron chi connectivity index (χ3n) is 0.870. The first-order valence-electron chi connectivity index (χ1n) is 2.71. The number of amides is 1. The molecule has 0 spiro atoms. The van der Waals surface area contributed by atoms with Crippen LogP contribution in [0, 0.1) is 0 Å². The third-order valence-corrected chi connectivity index (χ3v) is 0.870. The molecule has 0 rings (SSSR count). The molecule has 3 nitrogen and oxygen atoms in total. The molecular formula is C5H11N2O. The van der Waals surface area contributed by atoms with E-state index in [1.165, 1.54) is 0 Å². The predicted molar refractivity (Wildman–Crippen MR) is 31.5 cm³/mol. The monoisotopic (exact) mass is 115 g/mol. The average Bonchev–Trinajstić information content (AvgIpc) is 1.83. The zero-order valence-corrected chi connectivity index (χ0v) is 5.05. The second-order valence-electron chi connectivity index (χ2n) is 1.64. The van der Waals surface area contributed by atoms with Crippen molar-refractivity contribution in [2.75, 3.05) is 6.54 Å². The van der Waals surface area contributed by atoms with E-state index >= 15 is 0 Å². The van der Waals surface area contributed by atoms with E-state index in [1.54, 1.807) is 6.41 Å². The van der Waals surface area contributed by atoms with Crippen LogP contribution >= 0.6 is 0 Å². The Kier molecular flexibility index (Phi) is 4.26. The number of hydrogen-bond donors (Lipinski definition) is 1. The van der Waals surface area contributed by atoms with Crippen molar-refractivity contribution >= 4 is 6.41 Å². The summed E-state index contributed by atoms with van der Waals surface area (Å²) in [6.07, 6.45) is 3.56. The fourth-order valence-corrected chi connectivity index (χ4v) is 0.374. The number of rotatable bonds is 4. The summed E-state index contributed by atoms with van der Waals surface area (Å²) < 4.78 is 0. The molecule has 0 saturated carbocycles. The highest BCUT2D eigenvalue weighted by Gasteiger charge is 1.90. The van der Waals surface area contributed by atoms with Crippen LogP contribution in [0.15, 0.2) is 0 Å². The maximum absolute atomic E-state index is 9.69. The third kappa shape index (κ3) is 3.61. The Morgan fingerprint density at radius 1 is 1.75 bits per heavy atom. The molecule has 2 N–H and O–H groups in total. The van der Waals surface area contributed by atoms with Gasteiger partial charge in [0.05, 0.1) is 0 Å². The summed E-state index contributed by atoms with van der Waals surface area (Å²) in [5, 5.41) is 1.03. The number of hydrazine groups is 1. The molecule has 8 heavy (non-hydrogen) atoms. The molecule has 3 heteroatoms. The first-order chi connectivity index (χ1) is 3.81. The van der Waals surface area contributed by atoms with Gasteiger partial charge in [-0.2, -0.15) is 0 Å². The molecule has 0 heterocycles. The lowest BCUT2D eigenvalue weighted by Gasteiger charge is -2.05. The molecule has 0 atom stereocenters. The zero-order valence-electron chi connectivity index (χ0n) is 5.05. The highest BCUT2D eigenvalue weighted by atomic mass is 16.1. The molecule has 0 aliphatic carbocycles. The molecule has 0 aromatic rings. The average molecular weight is 115 g/mol. The summed E-state index contributed by atoms with van der Waals surface area (Å²) in [5.74, 6) is 5.07. The standard InChI is InChI=1S/C5H11N2O/c1-2-3-4-7(6)5-8/h2-4,6H2,1H3. The lowest BCUT2D eigenvalue weighted by atomic mass is 10.3. The summed E-state index contributed by atoms with van der Waals surface area (Å²) in [7, 11) is 0. The van der Waals surface area contributed by atoms with Crippen molar-refractivity contribution in [3.8, 4) is 0 Å². The first kappa shape index (κ1) is 7.43. The smallest absolute Gasteiger partial charge is 0.272 e. The van der Waals surface area contributed by atoms with Crippen LogP contribution in [0.5, 0.6) is 0 Å². The van der Waals surface area contributed by atoms with E-state index in [1.807, 2.05) is 6.92 Å². The zero-order chi connectivity index (χ0) is 6.41. The summed E-state index contributed by atoms with van der Waals surface area (Å²) in [4.78, 5) is 9.69. The lowest BCUT2D eigenvalue weighted by Crippen LogP contribution is -2.29. The Bertz CT molecular complexity index is 65.4. The fraction of sp³-hybridized carbons (Fsp3) is 0.800. The van der Waals surface area contributed by atoms with E-state index < -0.39 is 0 Å². The van der Waals surface area contributed by atoms with E-state index in [0.717, 1.165) is 17.9 Å². The van der Waals surface area contributed by atoms with Crippen LogP contribution in [0.25, 0.3) is 0 Å². The predicted octanol–water partition coefficient (Wildman–Crippen LogP) is 0.0294. The Morgan fingerprint density at radius 3 is 2.75 bits per heavy atom. The molecule has 0 unspecified atom stereocenters. The summed E-state index contributed by atoms with van der Waals surface area (Å²) in [6, 6.07) is 0. The van der Waals surface area contributed by atoms with E-state index in [-0.39, 0.29) is 0 Å². The van der Waals surface area contributed by atoms with Gasteiger partial charge in [0.25, 0.3) is 0 Å². The number of hydrogen-bond acceptors (Lipinski definition) is 2. The lowest BCUT2D eigenvalue weighted by molar-refractivity contribution is 0.385. The molecule has 0 aliphatic rings. The van der Waals surface area contributed by atoms with E-state index in [0.29, 0.717) is 6.54 Å². The summed E-state index contributed by atoms with van der Waals surface area (Å²) in [6.45, 7) is 2.65. The minimum absolute atomic E-state index is 0.611. The summed E-state index contributed by atoms with van der Waals surface area (Å²) >= 11 is 0. The molecular weight excluding hydrogens is 104 g/mol. The highest BCUT2D eigenvalue weighted by molar-refractivity contribution is 5.46. The van der Waals surface area contributed by atoms with E-state index in [9.17, 15) is 4.79 Å². The molecule has 0 aromatic carbocycles. The van der Waals surface area contributed by atoms with E-state index in [2.05, 4.69) is 0 Å². The van der Waals surface area contributed by atoms with Crippen LogP contribution in [0.4, 0.5) is 0 Å². The second-order valence-corrected chi connectivity index (χ2v) is 1.64. The maximum atomic E-state index is 9.69. The number of unbranched alkanes of at least 4 members (excludes halogenated alkanes) is 1. The van der Waals surface area contributed by atoms with Crippen LogP contribution in [0.3, 0.4) is 0 Å². The van der Waals surface area contributed by atoms with Crippen LogP contribution in [-0.4, -0.2) is 18.0 Å². The van der Waals surface area contributed by atoms with Gasteiger partial charge in [0.2, 0.25) is 0 Å². The van der Waals surface area contributed by atoms with E-state index in [4.69, 9.17) is 5.84 Å². The molecule has 1 radical (unpaired) electrons. The van der Waals surface area contributed by atoms with Crippen LogP contribution in [0.2, 0.25) is 0 Å². The van der Waals surface area contributed by atoms with Crippen LogP contribution in [-0.2, 0) is 4.79 Å².